The Morgan fingerprint density at radius 2 is 2.20 bits per heavy atom. The topological polar surface area (TPSA) is 66.7 Å². The van der Waals surface area contributed by atoms with Crippen LogP contribution in [0.3, 0.4) is 0 Å². The van der Waals surface area contributed by atoms with E-state index in [0.29, 0.717) is 30.2 Å². The molecule has 2 N–H and O–H groups in total. The smallest absolute Gasteiger partial charge is 0.173 e. The number of anilines is 1. The minimum Gasteiger partial charge on any atom is -0.366 e. The molecule has 0 amide bonds. The molecule has 0 saturated carbocycles. The number of thiocarbonyl (C=S) groups is 1. The second-order valence-corrected chi connectivity index (χ2v) is 7.49. The van der Waals surface area contributed by atoms with Gasteiger partial charge in [-0.25, -0.2) is 4.39 Å². The number of likely N-dealkylation sites (tertiary alicyclic amines) is 1. The van der Waals surface area contributed by atoms with Crippen molar-refractivity contribution in [3.63, 3.8) is 0 Å². The van der Waals surface area contributed by atoms with Gasteiger partial charge < -0.3 is 20.4 Å². The molecule has 1 fully saturated rings. The first-order valence-electron chi connectivity index (χ1n) is 9.68. The number of nitriles is 1. The van der Waals surface area contributed by atoms with Gasteiger partial charge in [-0.05, 0) is 55.1 Å². The summed E-state index contributed by atoms with van der Waals surface area (Å²) in [7, 11) is 3.59. The van der Waals surface area contributed by atoms with Gasteiger partial charge in [-0.1, -0.05) is 6.58 Å². The molecule has 1 saturated heterocycles. The summed E-state index contributed by atoms with van der Waals surface area (Å²) in [6, 6.07) is 8.78. The van der Waals surface area contributed by atoms with Gasteiger partial charge in [0.2, 0.25) is 0 Å². The summed E-state index contributed by atoms with van der Waals surface area (Å²) in [5.74, 6) is 0.734. The average molecular weight is 425 g/mol. The molecule has 1 aromatic rings. The van der Waals surface area contributed by atoms with Gasteiger partial charge in [-0.3, -0.25) is 4.99 Å². The van der Waals surface area contributed by atoms with Crippen LogP contribution in [0.1, 0.15) is 12.0 Å². The molecular formula is C22H25FN6S. The number of nitrogens with one attached hydrogen (secondary N) is 2. The lowest BCUT2D eigenvalue weighted by Gasteiger charge is -2.42. The number of amidine groups is 1. The van der Waals surface area contributed by atoms with Crippen molar-refractivity contribution in [1.29, 1.82) is 5.26 Å². The lowest BCUT2D eigenvalue weighted by atomic mass is 10.0. The molecule has 0 radical (unpaired) electrons. The van der Waals surface area contributed by atoms with Gasteiger partial charge in [-0.15, -0.1) is 0 Å². The molecule has 3 rings (SSSR count). The molecule has 0 spiro atoms. The summed E-state index contributed by atoms with van der Waals surface area (Å²) in [4.78, 5) is 8.14. The Bertz CT molecular complexity index is 943. The van der Waals surface area contributed by atoms with Crippen molar-refractivity contribution in [2.24, 2.45) is 4.99 Å². The number of aliphatic imine (C=N–C) groups is 1. The van der Waals surface area contributed by atoms with Crippen LogP contribution in [0.25, 0.3) is 0 Å². The van der Waals surface area contributed by atoms with Crippen molar-refractivity contribution < 1.29 is 4.39 Å². The first kappa shape index (κ1) is 21.5. The third-order valence-corrected chi connectivity index (χ3v) is 5.71. The van der Waals surface area contributed by atoms with E-state index in [0.717, 1.165) is 22.8 Å². The number of nitrogens with zero attached hydrogens (tertiary/aromatic N) is 4. The highest BCUT2D eigenvalue weighted by molar-refractivity contribution is 7.80. The van der Waals surface area contributed by atoms with Gasteiger partial charge in [0.05, 0.1) is 17.7 Å². The monoisotopic (exact) mass is 424 g/mol. The summed E-state index contributed by atoms with van der Waals surface area (Å²) in [5.41, 5.74) is 3.09. The van der Waals surface area contributed by atoms with Crippen LogP contribution in [0.4, 0.5) is 10.1 Å². The van der Waals surface area contributed by atoms with Gasteiger partial charge in [0.1, 0.15) is 12.0 Å². The number of halogens is 1. The fraction of sp³-hybridized carbons (Fsp3) is 0.318. The Kier molecular flexibility index (Phi) is 6.85. The van der Waals surface area contributed by atoms with Crippen LogP contribution >= 0.6 is 12.2 Å². The second kappa shape index (κ2) is 9.55. The molecule has 0 bridgehead atoms. The van der Waals surface area contributed by atoms with E-state index in [9.17, 15) is 4.39 Å². The van der Waals surface area contributed by atoms with Crippen LogP contribution in [0.15, 0.2) is 65.5 Å². The summed E-state index contributed by atoms with van der Waals surface area (Å²) in [5, 5.41) is 15.7. The minimum absolute atomic E-state index is 0.382. The van der Waals surface area contributed by atoms with Crippen molar-refractivity contribution in [1.82, 2.24) is 15.1 Å². The van der Waals surface area contributed by atoms with Crippen LogP contribution in [-0.4, -0.2) is 60.1 Å². The number of hydrogen-bond donors (Lipinski definition) is 2. The van der Waals surface area contributed by atoms with E-state index < -0.39 is 6.17 Å². The van der Waals surface area contributed by atoms with E-state index >= 15 is 0 Å². The van der Waals surface area contributed by atoms with Crippen molar-refractivity contribution in [3.05, 3.63) is 66.0 Å². The zero-order valence-corrected chi connectivity index (χ0v) is 17.9. The average Bonchev–Trinajstić information content (AvgIpc) is 3.23. The zero-order valence-electron chi connectivity index (χ0n) is 17.1. The third-order valence-electron chi connectivity index (χ3n) is 5.35. The minimum atomic E-state index is -0.986. The first-order valence-corrected chi connectivity index (χ1v) is 10.1. The maximum absolute atomic E-state index is 14.9. The summed E-state index contributed by atoms with van der Waals surface area (Å²) < 4.78 is 14.9. The molecule has 30 heavy (non-hydrogen) atoms. The molecule has 0 aliphatic carbocycles. The second-order valence-electron chi connectivity index (χ2n) is 7.10. The van der Waals surface area contributed by atoms with Gasteiger partial charge in [0.25, 0.3) is 0 Å². The fourth-order valence-corrected chi connectivity index (χ4v) is 3.94. The normalized spacial score (nSPS) is 23.5. The number of alkyl halides is 1. The third kappa shape index (κ3) is 4.52. The summed E-state index contributed by atoms with van der Waals surface area (Å²) >= 11 is 5.57. The highest BCUT2D eigenvalue weighted by Crippen LogP contribution is 2.25. The Morgan fingerprint density at radius 3 is 2.83 bits per heavy atom. The van der Waals surface area contributed by atoms with Crippen LogP contribution in [0.2, 0.25) is 0 Å². The van der Waals surface area contributed by atoms with Gasteiger partial charge in [0, 0.05) is 50.3 Å². The number of piperidine rings is 1. The molecule has 2 atom stereocenters. The number of rotatable bonds is 4. The Morgan fingerprint density at radius 1 is 1.47 bits per heavy atom. The number of allylic oxidation sites excluding steroid dienone is 1. The first-order chi connectivity index (χ1) is 14.5. The number of likely N-dealkylation sites (N-methyl/N-ethyl adjacent to an activating group) is 1. The predicted octanol–water partition coefficient (Wildman–Crippen LogP) is 3.18. The van der Waals surface area contributed by atoms with Crippen LogP contribution in [0, 0.1) is 11.3 Å². The molecule has 2 aliphatic rings. The SMILES string of the molecule is C=C/C(=C1/C=CNC1=NC)N(C)C1CN(C(=S)Nc2ccc(C#N)cc2)CC[C@H]1F. The fourth-order valence-electron chi connectivity index (χ4n) is 3.66. The quantitative estimate of drug-likeness (QED) is 0.724. The molecular weight excluding hydrogens is 399 g/mol. The number of hydrogen-bond acceptors (Lipinski definition) is 4. The molecule has 2 aliphatic heterocycles. The van der Waals surface area contributed by atoms with E-state index in [1.165, 1.54) is 0 Å². The van der Waals surface area contributed by atoms with Crippen LogP contribution < -0.4 is 10.6 Å². The standard InChI is InChI=1S/C22H25FN6S/c1-4-19(17-9-11-26-21(17)25-2)28(3)20-14-29(12-10-18(20)23)22(30)27-16-7-5-15(13-24)6-8-16/h4-9,11,18,20H,1,10,12,14H2,2-3H3,(H,25,26)(H,27,30)/b19-17+/t18-,20?/m1/s1. The maximum Gasteiger partial charge on any atom is 0.173 e. The van der Waals surface area contributed by atoms with Crippen molar-refractivity contribution in [3.8, 4) is 6.07 Å². The number of benzene rings is 1. The van der Waals surface area contributed by atoms with E-state index in [4.69, 9.17) is 17.5 Å². The summed E-state index contributed by atoms with van der Waals surface area (Å²) in [6.07, 6.45) is 4.86. The van der Waals surface area contributed by atoms with Crippen molar-refractivity contribution in [2.75, 3.05) is 32.5 Å². The largest absolute Gasteiger partial charge is 0.366 e. The maximum atomic E-state index is 14.9. The molecule has 1 unspecified atom stereocenters. The van der Waals surface area contributed by atoms with Crippen molar-refractivity contribution in [2.45, 2.75) is 18.6 Å². The lowest BCUT2D eigenvalue weighted by molar-refractivity contribution is 0.0948. The van der Waals surface area contributed by atoms with Gasteiger partial charge >= 0.3 is 0 Å². The van der Waals surface area contributed by atoms with E-state index in [-0.39, 0.29) is 6.04 Å². The van der Waals surface area contributed by atoms with E-state index in [1.54, 1.807) is 25.3 Å². The van der Waals surface area contributed by atoms with E-state index in [1.807, 2.05) is 41.3 Å². The highest BCUT2D eigenvalue weighted by atomic mass is 32.1. The molecule has 6 nitrogen and oxygen atoms in total. The van der Waals surface area contributed by atoms with Gasteiger partial charge in [-0.2, -0.15) is 5.26 Å². The zero-order chi connectivity index (χ0) is 21.7. The molecule has 8 heteroatoms. The summed E-state index contributed by atoms with van der Waals surface area (Å²) in [6.45, 7) is 4.91. The van der Waals surface area contributed by atoms with Crippen LogP contribution in [-0.2, 0) is 0 Å². The predicted molar refractivity (Wildman–Crippen MR) is 123 cm³/mol. The Labute approximate surface area is 182 Å². The molecule has 0 aromatic heterocycles. The van der Waals surface area contributed by atoms with Crippen LogP contribution in [0.5, 0.6) is 0 Å². The van der Waals surface area contributed by atoms with Crippen molar-refractivity contribution >= 4 is 28.9 Å². The molecule has 2 heterocycles. The molecule has 156 valence electrons. The highest BCUT2D eigenvalue weighted by Gasteiger charge is 2.34. The Balaban J connectivity index is 1.75. The lowest BCUT2D eigenvalue weighted by Crippen LogP contribution is -2.54. The van der Waals surface area contributed by atoms with E-state index in [2.05, 4.69) is 28.3 Å². The molecule has 1 aromatic carbocycles. The van der Waals surface area contributed by atoms with Gasteiger partial charge in [0.15, 0.2) is 5.11 Å². The Hall–Kier alpha value is -3.18.